The normalized spacial score (nSPS) is 10.0. The van der Waals surface area contributed by atoms with Gasteiger partial charge in [-0.05, 0) is 24.3 Å². The maximum Gasteiger partial charge on any atom is 0.374 e. The van der Waals surface area contributed by atoms with Gasteiger partial charge in [0, 0.05) is 6.07 Å². The number of hydrogen-bond donors (Lipinski definition) is 2. The molecule has 0 fully saturated rings. The molecule has 2 rings (SSSR count). The van der Waals surface area contributed by atoms with Crippen molar-refractivity contribution in [1.29, 1.82) is 0 Å². The number of carbonyl (C=O) groups is 2. The number of carboxylic acid groups (broad SMARTS) is 1. The van der Waals surface area contributed by atoms with E-state index in [1.165, 1.54) is 24.3 Å². The van der Waals surface area contributed by atoms with E-state index in [4.69, 9.17) is 14.9 Å². The zero-order chi connectivity index (χ0) is 13.1. The molecule has 18 heavy (non-hydrogen) atoms. The molecule has 0 aliphatic heterocycles. The van der Waals surface area contributed by atoms with E-state index in [1.807, 2.05) is 0 Å². The van der Waals surface area contributed by atoms with Gasteiger partial charge >= 0.3 is 11.9 Å². The van der Waals surface area contributed by atoms with Crippen LogP contribution in [0.5, 0.6) is 11.5 Å². The molecule has 0 amide bonds. The third-order valence-corrected chi connectivity index (χ3v) is 1.98. The first kappa shape index (κ1) is 11.6. The molecule has 0 aliphatic rings. The average Bonchev–Trinajstić information content (AvgIpc) is 2.81. The summed E-state index contributed by atoms with van der Waals surface area (Å²) in [4.78, 5) is 22.1. The molecular weight excluding hydrogens is 242 g/mol. The van der Waals surface area contributed by atoms with E-state index in [0.717, 1.165) is 6.07 Å². The summed E-state index contributed by atoms with van der Waals surface area (Å²) in [6.45, 7) is 0. The van der Waals surface area contributed by atoms with Gasteiger partial charge in [0.1, 0.15) is 11.5 Å². The smallest absolute Gasteiger partial charge is 0.374 e. The highest BCUT2D eigenvalue weighted by atomic mass is 16.5. The Labute approximate surface area is 100 Å². The summed E-state index contributed by atoms with van der Waals surface area (Å²) in [5.74, 6) is -2.40. The van der Waals surface area contributed by atoms with Crippen molar-refractivity contribution in [3.05, 3.63) is 41.8 Å². The van der Waals surface area contributed by atoms with E-state index in [0.29, 0.717) is 0 Å². The van der Waals surface area contributed by atoms with Crippen molar-refractivity contribution in [2.45, 2.75) is 0 Å². The highest BCUT2D eigenvalue weighted by Gasteiger charge is 2.18. The molecular formula is C11H7NO6. The van der Waals surface area contributed by atoms with Crippen LogP contribution in [0.2, 0.25) is 0 Å². The summed E-state index contributed by atoms with van der Waals surface area (Å²) >= 11 is 0. The molecule has 0 bridgehead atoms. The summed E-state index contributed by atoms with van der Waals surface area (Å²) in [6.07, 6.45) is 0. The molecule has 1 aromatic carbocycles. The predicted octanol–water partition coefficient (Wildman–Crippen LogP) is 1.30. The van der Waals surface area contributed by atoms with Crippen molar-refractivity contribution in [2.24, 2.45) is 0 Å². The highest BCUT2D eigenvalue weighted by Crippen LogP contribution is 2.17. The fourth-order valence-electron chi connectivity index (χ4n) is 1.15. The molecule has 7 nitrogen and oxygen atoms in total. The number of esters is 1. The number of phenolic OH excluding ortho intramolecular Hbond substituents is 1. The molecule has 0 spiro atoms. The second kappa shape index (κ2) is 4.58. The van der Waals surface area contributed by atoms with E-state index >= 15 is 0 Å². The first-order valence-corrected chi connectivity index (χ1v) is 4.77. The highest BCUT2D eigenvalue weighted by molar-refractivity contribution is 5.92. The molecule has 1 heterocycles. The predicted molar refractivity (Wildman–Crippen MR) is 56.5 cm³/mol. The van der Waals surface area contributed by atoms with Gasteiger partial charge in [-0.2, -0.15) is 0 Å². The lowest BCUT2D eigenvalue weighted by Gasteiger charge is -2.00. The number of aromatic carboxylic acids is 1. The minimum Gasteiger partial charge on any atom is -0.508 e. The molecule has 0 unspecified atom stereocenters. The number of carboxylic acids is 1. The molecule has 7 heteroatoms. The Morgan fingerprint density at radius 1 is 1.22 bits per heavy atom. The van der Waals surface area contributed by atoms with Crippen molar-refractivity contribution in [3.63, 3.8) is 0 Å². The Bertz CT molecular complexity index is 586. The molecule has 2 N–H and O–H groups in total. The van der Waals surface area contributed by atoms with Crippen LogP contribution < -0.4 is 4.74 Å². The fourth-order valence-corrected chi connectivity index (χ4v) is 1.15. The van der Waals surface area contributed by atoms with E-state index in [9.17, 15) is 9.59 Å². The Morgan fingerprint density at radius 2 is 1.89 bits per heavy atom. The molecule has 0 saturated heterocycles. The van der Waals surface area contributed by atoms with Gasteiger partial charge in [-0.15, -0.1) is 0 Å². The minimum atomic E-state index is -1.33. The largest absolute Gasteiger partial charge is 0.508 e. The van der Waals surface area contributed by atoms with Gasteiger partial charge in [0.05, 0.1) is 0 Å². The standard InChI is InChI=1S/C11H7NO6/c13-6-1-3-7(4-2-6)17-11(16)8-5-9(10(14)15)18-12-8/h1-5,13H,(H,14,15). The van der Waals surface area contributed by atoms with Gasteiger partial charge < -0.3 is 19.5 Å². The summed E-state index contributed by atoms with van der Waals surface area (Å²) in [5.41, 5.74) is -0.250. The van der Waals surface area contributed by atoms with Crippen LogP contribution in [-0.2, 0) is 0 Å². The Hall–Kier alpha value is -2.83. The van der Waals surface area contributed by atoms with Crippen LogP contribution in [0.15, 0.2) is 34.9 Å². The number of nitrogens with zero attached hydrogens (tertiary/aromatic N) is 1. The summed E-state index contributed by atoms with van der Waals surface area (Å²) in [6, 6.07) is 6.41. The molecule has 1 aromatic heterocycles. The third kappa shape index (κ3) is 2.46. The molecule has 92 valence electrons. The second-order valence-corrected chi connectivity index (χ2v) is 3.26. The lowest BCUT2D eigenvalue weighted by molar-refractivity contribution is 0.0647. The molecule has 0 atom stereocenters. The zero-order valence-electron chi connectivity index (χ0n) is 8.86. The van der Waals surface area contributed by atoms with Gasteiger partial charge in [-0.3, -0.25) is 0 Å². The first-order valence-electron chi connectivity index (χ1n) is 4.77. The Kier molecular flexibility index (Phi) is 2.96. The van der Waals surface area contributed by atoms with Crippen LogP contribution in [-0.4, -0.2) is 27.3 Å². The topological polar surface area (TPSA) is 110 Å². The maximum atomic E-state index is 11.5. The van der Waals surface area contributed by atoms with Gasteiger partial charge in [-0.25, -0.2) is 9.59 Å². The third-order valence-electron chi connectivity index (χ3n) is 1.98. The summed E-state index contributed by atoms with van der Waals surface area (Å²) in [7, 11) is 0. The number of phenols is 1. The number of hydrogen-bond acceptors (Lipinski definition) is 6. The fraction of sp³-hybridized carbons (Fsp3) is 0. The van der Waals surface area contributed by atoms with Crippen molar-refractivity contribution in [1.82, 2.24) is 5.16 Å². The van der Waals surface area contributed by atoms with Crippen LogP contribution >= 0.6 is 0 Å². The van der Waals surface area contributed by atoms with Crippen LogP contribution in [0.25, 0.3) is 0 Å². The SMILES string of the molecule is O=C(Oc1ccc(O)cc1)c1cc(C(=O)O)on1. The monoisotopic (exact) mass is 249 g/mol. The number of ether oxygens (including phenoxy) is 1. The Morgan fingerprint density at radius 3 is 2.44 bits per heavy atom. The van der Waals surface area contributed by atoms with E-state index in [1.54, 1.807) is 0 Å². The minimum absolute atomic E-state index is 0.0319. The molecule has 0 radical (unpaired) electrons. The van der Waals surface area contributed by atoms with E-state index < -0.39 is 17.7 Å². The van der Waals surface area contributed by atoms with Crippen LogP contribution in [0, 0.1) is 0 Å². The van der Waals surface area contributed by atoms with Crippen LogP contribution in [0.4, 0.5) is 0 Å². The van der Waals surface area contributed by atoms with Crippen molar-refractivity contribution in [2.75, 3.05) is 0 Å². The van der Waals surface area contributed by atoms with E-state index in [-0.39, 0.29) is 17.2 Å². The molecule has 2 aromatic rings. The number of aromatic hydroxyl groups is 1. The summed E-state index contributed by atoms with van der Waals surface area (Å²) < 4.78 is 9.30. The lowest BCUT2D eigenvalue weighted by Crippen LogP contribution is -2.08. The van der Waals surface area contributed by atoms with Gasteiger partial charge in [0.2, 0.25) is 5.76 Å². The summed E-state index contributed by atoms with van der Waals surface area (Å²) in [5, 5.41) is 20.9. The van der Waals surface area contributed by atoms with Gasteiger partial charge in [-0.1, -0.05) is 5.16 Å². The number of aromatic nitrogens is 1. The second-order valence-electron chi connectivity index (χ2n) is 3.26. The number of benzene rings is 1. The van der Waals surface area contributed by atoms with E-state index in [2.05, 4.69) is 9.68 Å². The lowest BCUT2D eigenvalue weighted by atomic mass is 10.3. The number of carbonyl (C=O) groups excluding carboxylic acids is 1. The van der Waals surface area contributed by atoms with Crippen molar-refractivity contribution in [3.8, 4) is 11.5 Å². The number of rotatable bonds is 3. The van der Waals surface area contributed by atoms with Crippen molar-refractivity contribution < 1.29 is 29.1 Å². The average molecular weight is 249 g/mol. The Balaban J connectivity index is 2.11. The van der Waals surface area contributed by atoms with Crippen LogP contribution in [0.3, 0.4) is 0 Å². The first-order chi connectivity index (χ1) is 8.56. The quantitative estimate of drug-likeness (QED) is 0.623. The van der Waals surface area contributed by atoms with Gasteiger partial charge in [0.15, 0.2) is 5.69 Å². The molecule has 0 aliphatic carbocycles. The zero-order valence-corrected chi connectivity index (χ0v) is 8.86. The van der Waals surface area contributed by atoms with Gasteiger partial charge in [0.25, 0.3) is 0 Å². The molecule has 0 saturated carbocycles. The van der Waals surface area contributed by atoms with Crippen molar-refractivity contribution >= 4 is 11.9 Å². The maximum absolute atomic E-state index is 11.5. The van der Waals surface area contributed by atoms with Crippen LogP contribution in [0.1, 0.15) is 21.0 Å².